The van der Waals surface area contributed by atoms with Crippen LogP contribution >= 0.6 is 0 Å². The summed E-state index contributed by atoms with van der Waals surface area (Å²) < 4.78 is 4.85. The molecule has 3 heteroatoms. The molecule has 2 unspecified atom stereocenters. The molecule has 0 bridgehead atoms. The Morgan fingerprint density at radius 2 is 1.86 bits per heavy atom. The van der Waals surface area contributed by atoms with E-state index in [2.05, 4.69) is 32.9 Å². The third kappa shape index (κ3) is 11.3. The SMILES string of the molecule is CCOC(=O)CC(O)C(C)CCC=C(C)CCC=C(C)C. The minimum absolute atomic E-state index is 0.0955. The van der Waals surface area contributed by atoms with E-state index in [-0.39, 0.29) is 18.3 Å². The average Bonchev–Trinajstić information content (AvgIpc) is 2.38. The topological polar surface area (TPSA) is 46.5 Å². The van der Waals surface area contributed by atoms with E-state index >= 15 is 0 Å². The van der Waals surface area contributed by atoms with Gasteiger partial charge in [-0.2, -0.15) is 0 Å². The fraction of sp³-hybridized carbons (Fsp3) is 0.722. The molecule has 2 atom stereocenters. The summed E-state index contributed by atoms with van der Waals surface area (Å²) in [6, 6.07) is 0. The first-order valence-electron chi connectivity index (χ1n) is 7.99. The Morgan fingerprint density at radius 1 is 1.19 bits per heavy atom. The maximum Gasteiger partial charge on any atom is 0.308 e. The van der Waals surface area contributed by atoms with Crippen molar-refractivity contribution >= 4 is 5.97 Å². The minimum Gasteiger partial charge on any atom is -0.466 e. The molecule has 3 nitrogen and oxygen atoms in total. The molecule has 122 valence electrons. The van der Waals surface area contributed by atoms with Gasteiger partial charge in [0.2, 0.25) is 0 Å². The van der Waals surface area contributed by atoms with Gasteiger partial charge < -0.3 is 9.84 Å². The van der Waals surface area contributed by atoms with Crippen molar-refractivity contribution in [3.05, 3.63) is 23.3 Å². The van der Waals surface area contributed by atoms with Crippen LogP contribution in [0.1, 0.15) is 66.7 Å². The van der Waals surface area contributed by atoms with Crippen molar-refractivity contribution in [2.24, 2.45) is 5.92 Å². The minimum atomic E-state index is -0.608. The van der Waals surface area contributed by atoms with Gasteiger partial charge in [0, 0.05) is 0 Å². The first kappa shape index (κ1) is 19.9. The predicted molar refractivity (Wildman–Crippen MR) is 88.1 cm³/mol. The molecule has 0 aliphatic carbocycles. The van der Waals surface area contributed by atoms with Crippen molar-refractivity contribution in [2.75, 3.05) is 6.61 Å². The van der Waals surface area contributed by atoms with Crippen molar-refractivity contribution in [3.8, 4) is 0 Å². The lowest BCUT2D eigenvalue weighted by Crippen LogP contribution is -2.22. The molecule has 0 rings (SSSR count). The van der Waals surface area contributed by atoms with E-state index in [1.54, 1.807) is 6.92 Å². The second-order valence-corrected chi connectivity index (χ2v) is 6.00. The molecule has 1 N–H and O–H groups in total. The van der Waals surface area contributed by atoms with E-state index in [0.717, 1.165) is 25.7 Å². The lowest BCUT2D eigenvalue weighted by Gasteiger charge is -2.17. The van der Waals surface area contributed by atoms with E-state index in [4.69, 9.17) is 4.74 Å². The Labute approximate surface area is 130 Å². The van der Waals surface area contributed by atoms with Crippen LogP contribution in [-0.4, -0.2) is 23.8 Å². The summed E-state index contributed by atoms with van der Waals surface area (Å²) in [6.07, 6.45) is 8.00. The molecule has 0 heterocycles. The van der Waals surface area contributed by atoms with Gasteiger partial charge in [0.05, 0.1) is 19.1 Å². The molecule has 0 aromatic carbocycles. The van der Waals surface area contributed by atoms with Gasteiger partial charge in [0.1, 0.15) is 0 Å². The molecular weight excluding hydrogens is 264 g/mol. The summed E-state index contributed by atoms with van der Waals surface area (Å²) >= 11 is 0. The second kappa shape index (κ2) is 11.6. The van der Waals surface area contributed by atoms with Gasteiger partial charge in [-0.05, 0) is 59.3 Å². The zero-order valence-corrected chi connectivity index (χ0v) is 14.3. The molecule has 0 aliphatic rings. The predicted octanol–water partition coefficient (Wildman–Crippen LogP) is 4.41. The Kier molecular flexibility index (Phi) is 11.0. The maximum absolute atomic E-state index is 11.3. The fourth-order valence-electron chi connectivity index (χ4n) is 2.07. The molecule has 0 saturated heterocycles. The largest absolute Gasteiger partial charge is 0.466 e. The summed E-state index contributed by atoms with van der Waals surface area (Å²) in [7, 11) is 0. The van der Waals surface area contributed by atoms with Gasteiger partial charge in [-0.1, -0.05) is 30.2 Å². The zero-order valence-electron chi connectivity index (χ0n) is 14.3. The van der Waals surface area contributed by atoms with Crippen LogP contribution in [0.15, 0.2) is 23.3 Å². The first-order chi connectivity index (χ1) is 9.86. The normalized spacial score (nSPS) is 14.5. The molecule has 0 aromatic heterocycles. The quantitative estimate of drug-likeness (QED) is 0.480. The molecular formula is C18H32O3. The number of hydrogen-bond acceptors (Lipinski definition) is 3. The van der Waals surface area contributed by atoms with Crippen LogP contribution in [0.2, 0.25) is 0 Å². The van der Waals surface area contributed by atoms with Gasteiger partial charge >= 0.3 is 5.97 Å². The maximum atomic E-state index is 11.3. The van der Waals surface area contributed by atoms with Crippen LogP contribution in [0.4, 0.5) is 0 Å². The molecule has 0 amide bonds. The van der Waals surface area contributed by atoms with Crippen molar-refractivity contribution < 1.29 is 14.6 Å². The van der Waals surface area contributed by atoms with Crippen LogP contribution in [-0.2, 0) is 9.53 Å². The third-order valence-corrected chi connectivity index (χ3v) is 3.54. The first-order valence-corrected chi connectivity index (χ1v) is 7.99. The Morgan fingerprint density at radius 3 is 2.43 bits per heavy atom. The molecule has 21 heavy (non-hydrogen) atoms. The van der Waals surface area contributed by atoms with Crippen LogP contribution in [0.3, 0.4) is 0 Å². The van der Waals surface area contributed by atoms with E-state index in [1.807, 2.05) is 6.92 Å². The van der Waals surface area contributed by atoms with Crippen LogP contribution in [0, 0.1) is 5.92 Å². The van der Waals surface area contributed by atoms with Crippen LogP contribution < -0.4 is 0 Å². The monoisotopic (exact) mass is 296 g/mol. The fourth-order valence-corrected chi connectivity index (χ4v) is 2.07. The van der Waals surface area contributed by atoms with Crippen LogP contribution in [0.5, 0.6) is 0 Å². The Hall–Kier alpha value is -1.09. The third-order valence-electron chi connectivity index (χ3n) is 3.54. The highest BCUT2D eigenvalue weighted by Crippen LogP contribution is 2.16. The standard InChI is InChI=1S/C18H32O3/c1-6-21-18(20)13-17(19)16(5)12-8-11-15(4)10-7-9-14(2)3/h9,11,16-17,19H,6-8,10,12-13H2,1-5H3. The van der Waals surface area contributed by atoms with Crippen molar-refractivity contribution in [1.82, 2.24) is 0 Å². The summed E-state index contributed by atoms with van der Waals surface area (Å²) in [6.45, 7) is 10.5. The molecule has 0 spiro atoms. The van der Waals surface area contributed by atoms with E-state index < -0.39 is 6.10 Å². The number of aliphatic hydroxyl groups is 1. The molecule has 0 saturated carbocycles. The van der Waals surface area contributed by atoms with Gasteiger partial charge in [-0.25, -0.2) is 0 Å². The van der Waals surface area contributed by atoms with Crippen molar-refractivity contribution in [3.63, 3.8) is 0 Å². The number of hydrogen-bond donors (Lipinski definition) is 1. The van der Waals surface area contributed by atoms with Gasteiger partial charge in [-0.15, -0.1) is 0 Å². The summed E-state index contributed by atoms with van der Waals surface area (Å²) in [5.74, 6) is -0.207. The summed E-state index contributed by atoms with van der Waals surface area (Å²) in [4.78, 5) is 11.3. The van der Waals surface area contributed by atoms with Crippen LogP contribution in [0.25, 0.3) is 0 Å². The molecule has 0 radical (unpaired) electrons. The highest BCUT2D eigenvalue weighted by molar-refractivity contribution is 5.69. The summed E-state index contributed by atoms with van der Waals surface area (Å²) in [5, 5.41) is 9.95. The number of carbonyl (C=O) groups is 1. The number of allylic oxidation sites excluding steroid dienone is 4. The Bertz CT molecular complexity index is 351. The molecule has 0 aromatic rings. The van der Waals surface area contributed by atoms with Gasteiger partial charge in [0.25, 0.3) is 0 Å². The van der Waals surface area contributed by atoms with E-state index in [1.165, 1.54) is 11.1 Å². The van der Waals surface area contributed by atoms with E-state index in [9.17, 15) is 9.90 Å². The molecule has 0 fully saturated rings. The number of ether oxygens (including phenoxy) is 1. The van der Waals surface area contributed by atoms with E-state index in [0.29, 0.717) is 6.61 Å². The lowest BCUT2D eigenvalue weighted by molar-refractivity contribution is -0.146. The smallest absolute Gasteiger partial charge is 0.308 e. The van der Waals surface area contributed by atoms with Crippen molar-refractivity contribution in [2.45, 2.75) is 72.8 Å². The highest BCUT2D eigenvalue weighted by atomic mass is 16.5. The number of carbonyl (C=O) groups excluding carboxylic acids is 1. The van der Waals surface area contributed by atoms with Gasteiger partial charge in [-0.3, -0.25) is 4.79 Å². The summed E-state index contributed by atoms with van der Waals surface area (Å²) in [5.41, 5.74) is 2.75. The lowest BCUT2D eigenvalue weighted by atomic mass is 9.96. The average molecular weight is 296 g/mol. The number of aliphatic hydroxyl groups excluding tert-OH is 1. The number of esters is 1. The molecule has 0 aliphatic heterocycles. The van der Waals surface area contributed by atoms with Crippen molar-refractivity contribution in [1.29, 1.82) is 0 Å². The second-order valence-electron chi connectivity index (χ2n) is 6.00. The Balaban J connectivity index is 3.98. The number of rotatable bonds is 10. The highest BCUT2D eigenvalue weighted by Gasteiger charge is 2.18. The zero-order chi connectivity index (χ0) is 16.3. The van der Waals surface area contributed by atoms with Gasteiger partial charge in [0.15, 0.2) is 0 Å².